The molecule has 160 valence electrons. The van der Waals surface area contributed by atoms with Crippen LogP contribution in [-0.4, -0.2) is 33.7 Å². The Morgan fingerprint density at radius 1 is 1.13 bits per heavy atom. The van der Waals surface area contributed by atoms with E-state index >= 15 is 0 Å². The predicted octanol–water partition coefficient (Wildman–Crippen LogP) is 3.15. The van der Waals surface area contributed by atoms with E-state index in [0.29, 0.717) is 0 Å². The summed E-state index contributed by atoms with van der Waals surface area (Å²) < 4.78 is 65.9. The van der Waals surface area contributed by atoms with Crippen LogP contribution in [0.25, 0.3) is 22.6 Å². The van der Waals surface area contributed by atoms with Crippen molar-refractivity contribution in [3.05, 3.63) is 35.8 Å². The van der Waals surface area contributed by atoms with Crippen LogP contribution in [0.3, 0.4) is 0 Å². The summed E-state index contributed by atoms with van der Waals surface area (Å²) >= 11 is 0. The van der Waals surface area contributed by atoms with Crippen molar-refractivity contribution >= 4 is 20.9 Å². The van der Waals surface area contributed by atoms with Gasteiger partial charge in [0.25, 0.3) is 0 Å². The van der Waals surface area contributed by atoms with Crippen LogP contribution in [0.15, 0.2) is 29.4 Å². The highest BCUT2D eigenvalue weighted by molar-refractivity contribution is 7.91. The van der Waals surface area contributed by atoms with Crippen LogP contribution in [-0.2, 0) is 28.5 Å². The number of nitrogens with zero attached hydrogens (tertiary/aromatic N) is 6. The topological polar surface area (TPSA) is 125 Å². The first-order valence-corrected chi connectivity index (χ1v) is 10.5. The highest BCUT2D eigenvalue weighted by Crippen LogP contribution is 2.34. The van der Waals surface area contributed by atoms with Crippen molar-refractivity contribution in [3.63, 3.8) is 0 Å². The summed E-state index contributed by atoms with van der Waals surface area (Å²) in [5.74, 6) is -0.296. The number of halogens is 3. The SMILES string of the molecule is CCS(=O)(=O)c1cc(C(C)(C#N)C#N)cnc1-c1nc2cc(C(F)(F)F)ncc2n1C. The number of pyridine rings is 2. The zero-order chi connectivity index (χ0) is 23.2. The highest BCUT2D eigenvalue weighted by Gasteiger charge is 2.34. The summed E-state index contributed by atoms with van der Waals surface area (Å²) in [6.07, 6.45) is -2.48. The monoisotopic (exact) mass is 448 g/mol. The van der Waals surface area contributed by atoms with Gasteiger partial charge in [0.1, 0.15) is 11.4 Å². The van der Waals surface area contributed by atoms with Gasteiger partial charge in [-0.1, -0.05) is 6.92 Å². The van der Waals surface area contributed by atoms with E-state index in [1.807, 2.05) is 12.1 Å². The second kappa shape index (κ2) is 7.32. The Bertz CT molecular complexity index is 1370. The summed E-state index contributed by atoms with van der Waals surface area (Å²) in [4.78, 5) is 11.4. The number of fused-ring (bicyclic) bond motifs is 1. The van der Waals surface area contributed by atoms with Crippen LogP contribution in [0.5, 0.6) is 0 Å². The van der Waals surface area contributed by atoms with Crippen LogP contribution in [0.4, 0.5) is 13.2 Å². The van der Waals surface area contributed by atoms with Crippen molar-refractivity contribution in [2.45, 2.75) is 30.3 Å². The zero-order valence-corrected chi connectivity index (χ0v) is 17.4. The first kappa shape index (κ1) is 22.2. The Morgan fingerprint density at radius 2 is 1.77 bits per heavy atom. The lowest BCUT2D eigenvalue weighted by Gasteiger charge is -2.16. The zero-order valence-electron chi connectivity index (χ0n) is 16.6. The minimum absolute atomic E-state index is 0.00492. The van der Waals surface area contributed by atoms with Gasteiger partial charge in [0, 0.05) is 18.8 Å². The number of hydrogen-bond donors (Lipinski definition) is 0. The van der Waals surface area contributed by atoms with Gasteiger partial charge >= 0.3 is 6.18 Å². The number of hydrogen-bond acceptors (Lipinski definition) is 7. The quantitative estimate of drug-likeness (QED) is 0.600. The van der Waals surface area contributed by atoms with Gasteiger partial charge in [-0.15, -0.1) is 0 Å². The third-order valence-electron chi connectivity index (χ3n) is 4.86. The van der Waals surface area contributed by atoms with Gasteiger partial charge in [-0.3, -0.25) is 4.98 Å². The van der Waals surface area contributed by atoms with Gasteiger partial charge < -0.3 is 4.57 Å². The molecule has 0 radical (unpaired) electrons. The van der Waals surface area contributed by atoms with Crippen LogP contribution >= 0.6 is 0 Å². The van der Waals surface area contributed by atoms with E-state index in [4.69, 9.17) is 0 Å². The summed E-state index contributed by atoms with van der Waals surface area (Å²) in [6.45, 7) is 2.74. The Kier molecular flexibility index (Phi) is 5.24. The molecule has 8 nitrogen and oxygen atoms in total. The third kappa shape index (κ3) is 3.70. The molecule has 0 aliphatic carbocycles. The molecule has 0 aromatic carbocycles. The molecular weight excluding hydrogens is 433 g/mol. The first-order valence-electron chi connectivity index (χ1n) is 8.83. The molecule has 0 fully saturated rings. The summed E-state index contributed by atoms with van der Waals surface area (Å²) in [7, 11) is -2.40. The maximum Gasteiger partial charge on any atom is 0.433 e. The number of alkyl halides is 3. The Balaban J connectivity index is 2.32. The number of imidazole rings is 1. The molecule has 0 saturated heterocycles. The van der Waals surface area contributed by atoms with Gasteiger partial charge in [-0.25, -0.2) is 18.4 Å². The highest BCUT2D eigenvalue weighted by atomic mass is 32.2. The molecule has 12 heteroatoms. The lowest BCUT2D eigenvalue weighted by Crippen LogP contribution is -2.19. The number of nitriles is 2. The number of aryl methyl sites for hydroxylation is 1. The number of rotatable bonds is 4. The molecule has 0 amide bonds. The van der Waals surface area contributed by atoms with Crippen LogP contribution in [0.1, 0.15) is 25.1 Å². The summed E-state index contributed by atoms with van der Waals surface area (Å²) in [5.41, 5.74) is -2.59. The van der Waals surface area contributed by atoms with E-state index in [-0.39, 0.29) is 38.8 Å². The van der Waals surface area contributed by atoms with Crippen LogP contribution in [0, 0.1) is 22.7 Å². The van der Waals surface area contributed by atoms with Crippen molar-refractivity contribution in [1.82, 2.24) is 19.5 Å². The maximum atomic E-state index is 13.0. The summed E-state index contributed by atoms with van der Waals surface area (Å²) in [5, 5.41) is 18.7. The van der Waals surface area contributed by atoms with Gasteiger partial charge in [0.15, 0.2) is 21.1 Å². The fraction of sp³-hybridized carbons (Fsp3) is 0.316. The second-order valence-electron chi connectivity index (χ2n) is 6.87. The molecule has 0 spiro atoms. The number of sulfone groups is 1. The largest absolute Gasteiger partial charge is 0.433 e. The van der Waals surface area contributed by atoms with Crippen molar-refractivity contribution in [2.24, 2.45) is 7.05 Å². The number of aromatic nitrogens is 4. The van der Waals surface area contributed by atoms with E-state index in [9.17, 15) is 32.1 Å². The standard InChI is InChI=1S/C19H15F3N6O2S/c1-4-31(29,30)14-5-11(18(2,9-23)10-24)7-26-16(14)17-27-12-6-15(19(20,21)22)25-8-13(12)28(17)3/h5-8H,4H2,1-3H3. The fourth-order valence-electron chi connectivity index (χ4n) is 2.89. The van der Waals surface area contributed by atoms with E-state index in [1.54, 1.807) is 0 Å². The van der Waals surface area contributed by atoms with E-state index < -0.39 is 27.1 Å². The van der Waals surface area contributed by atoms with Crippen molar-refractivity contribution in [2.75, 3.05) is 5.75 Å². The van der Waals surface area contributed by atoms with Gasteiger partial charge in [0.05, 0.1) is 40.0 Å². The Morgan fingerprint density at radius 3 is 2.32 bits per heavy atom. The van der Waals surface area contributed by atoms with Crippen molar-refractivity contribution in [1.29, 1.82) is 10.5 Å². The molecule has 0 atom stereocenters. The minimum Gasteiger partial charge on any atom is -0.324 e. The molecule has 3 aromatic heterocycles. The molecule has 3 aromatic rings. The average Bonchev–Trinajstić information content (AvgIpc) is 3.08. The molecule has 0 saturated carbocycles. The van der Waals surface area contributed by atoms with Crippen LogP contribution in [0.2, 0.25) is 0 Å². The molecular formula is C19H15F3N6O2S. The molecule has 3 rings (SSSR count). The van der Waals surface area contributed by atoms with Crippen molar-refractivity contribution in [3.8, 4) is 23.7 Å². The molecule has 0 bridgehead atoms. The van der Waals surface area contributed by atoms with Gasteiger partial charge in [-0.2, -0.15) is 23.7 Å². The lowest BCUT2D eigenvalue weighted by molar-refractivity contribution is -0.141. The smallest absolute Gasteiger partial charge is 0.324 e. The van der Waals surface area contributed by atoms with Crippen LogP contribution < -0.4 is 0 Å². The average molecular weight is 448 g/mol. The van der Waals surface area contributed by atoms with Gasteiger partial charge in [0.2, 0.25) is 0 Å². The Hall–Kier alpha value is -3.51. The maximum absolute atomic E-state index is 13.0. The molecule has 3 heterocycles. The van der Waals surface area contributed by atoms with Gasteiger partial charge in [-0.05, 0) is 19.1 Å². The molecule has 0 unspecified atom stereocenters. The fourth-order valence-corrected chi connectivity index (χ4v) is 3.94. The summed E-state index contributed by atoms with van der Waals surface area (Å²) in [6, 6.07) is 5.60. The van der Waals surface area contributed by atoms with E-state index in [0.717, 1.165) is 12.3 Å². The molecule has 0 N–H and O–H groups in total. The van der Waals surface area contributed by atoms with E-state index in [2.05, 4.69) is 15.0 Å². The molecule has 0 aliphatic heterocycles. The minimum atomic E-state index is -4.67. The predicted molar refractivity (Wildman–Crippen MR) is 103 cm³/mol. The second-order valence-corrected chi connectivity index (χ2v) is 9.12. The molecule has 0 aliphatic rings. The Labute approximate surface area is 175 Å². The van der Waals surface area contributed by atoms with E-state index in [1.165, 1.54) is 37.7 Å². The first-order chi connectivity index (χ1) is 14.4. The third-order valence-corrected chi connectivity index (χ3v) is 6.60. The molecule has 31 heavy (non-hydrogen) atoms. The lowest BCUT2D eigenvalue weighted by atomic mass is 9.87. The van der Waals surface area contributed by atoms with Crippen molar-refractivity contribution < 1.29 is 21.6 Å². The normalized spacial score (nSPS) is 12.5.